The van der Waals surface area contributed by atoms with Gasteiger partial charge in [-0.15, -0.1) is 10.2 Å². The Labute approximate surface area is 155 Å². The van der Waals surface area contributed by atoms with E-state index in [1.807, 2.05) is 24.3 Å². The van der Waals surface area contributed by atoms with Crippen molar-refractivity contribution in [1.82, 2.24) is 25.5 Å². The number of nitrogens with zero attached hydrogens (tertiary/aromatic N) is 5. The maximum atomic E-state index is 14.4. The Hall–Kier alpha value is -2.51. The van der Waals surface area contributed by atoms with E-state index < -0.39 is 0 Å². The van der Waals surface area contributed by atoms with E-state index in [-0.39, 0.29) is 11.9 Å². The van der Waals surface area contributed by atoms with Gasteiger partial charge in [-0.2, -0.15) is 5.21 Å². The monoisotopic (exact) mass is 372 g/mol. The predicted molar refractivity (Wildman–Crippen MR) is 97.7 cm³/mol. The number of halogens is 2. The first-order valence-electron chi connectivity index (χ1n) is 8.45. The molecule has 1 unspecified atom stereocenters. The number of H-pyrrole nitrogens is 1. The Morgan fingerprint density at radius 1 is 1.04 bits per heavy atom. The molecule has 2 aromatic carbocycles. The lowest BCUT2D eigenvalue weighted by Gasteiger charge is -2.39. The third-order valence-corrected chi connectivity index (χ3v) is 4.89. The van der Waals surface area contributed by atoms with Gasteiger partial charge in [-0.05, 0) is 24.3 Å². The van der Waals surface area contributed by atoms with Crippen LogP contribution in [0.2, 0.25) is 5.02 Å². The van der Waals surface area contributed by atoms with Crippen molar-refractivity contribution < 1.29 is 4.39 Å². The predicted octanol–water partition coefficient (Wildman–Crippen LogP) is 2.90. The van der Waals surface area contributed by atoms with Gasteiger partial charge in [0, 0.05) is 42.5 Å². The second kappa shape index (κ2) is 7.39. The number of hydrogen-bond donors (Lipinski definition) is 1. The Morgan fingerprint density at radius 3 is 2.54 bits per heavy atom. The van der Waals surface area contributed by atoms with Crippen LogP contribution in [0.5, 0.6) is 0 Å². The molecule has 1 saturated heterocycles. The largest absolute Gasteiger partial charge is 0.369 e. The van der Waals surface area contributed by atoms with Crippen molar-refractivity contribution in [3.05, 3.63) is 70.8 Å². The van der Waals surface area contributed by atoms with Crippen LogP contribution in [0.3, 0.4) is 0 Å². The van der Waals surface area contributed by atoms with Crippen molar-refractivity contribution in [1.29, 1.82) is 0 Å². The summed E-state index contributed by atoms with van der Waals surface area (Å²) in [6, 6.07) is 14.2. The van der Waals surface area contributed by atoms with Gasteiger partial charge in [-0.1, -0.05) is 41.1 Å². The number of rotatable bonds is 4. The quantitative estimate of drug-likeness (QED) is 0.763. The van der Waals surface area contributed by atoms with E-state index in [4.69, 9.17) is 11.6 Å². The van der Waals surface area contributed by atoms with Crippen molar-refractivity contribution in [3.63, 3.8) is 0 Å². The Bertz CT molecular complexity index is 864. The maximum Gasteiger partial charge on any atom is 0.196 e. The van der Waals surface area contributed by atoms with Gasteiger partial charge in [0.25, 0.3) is 0 Å². The van der Waals surface area contributed by atoms with Crippen molar-refractivity contribution >= 4 is 17.3 Å². The lowest BCUT2D eigenvalue weighted by atomic mass is 10.0. The molecule has 0 radical (unpaired) electrons. The fourth-order valence-electron chi connectivity index (χ4n) is 3.39. The minimum Gasteiger partial charge on any atom is -0.369 e. The van der Waals surface area contributed by atoms with Gasteiger partial charge in [0.05, 0.1) is 0 Å². The summed E-state index contributed by atoms with van der Waals surface area (Å²) in [5.74, 6) is 0.214. The highest BCUT2D eigenvalue weighted by atomic mass is 35.5. The van der Waals surface area contributed by atoms with E-state index in [0.717, 1.165) is 36.9 Å². The van der Waals surface area contributed by atoms with Crippen molar-refractivity contribution in [2.24, 2.45) is 0 Å². The zero-order valence-corrected chi connectivity index (χ0v) is 14.8. The molecule has 0 bridgehead atoms. The minimum atomic E-state index is -0.364. The fraction of sp³-hybridized carbons (Fsp3) is 0.278. The van der Waals surface area contributed by atoms with Crippen molar-refractivity contribution in [2.75, 3.05) is 31.1 Å². The third-order valence-electron chi connectivity index (χ3n) is 4.66. The van der Waals surface area contributed by atoms with E-state index >= 15 is 0 Å². The molecule has 0 amide bonds. The number of anilines is 1. The summed E-state index contributed by atoms with van der Waals surface area (Å²) in [5, 5.41) is 15.1. The van der Waals surface area contributed by atoms with E-state index in [9.17, 15) is 4.39 Å². The molecule has 6 nitrogen and oxygen atoms in total. The van der Waals surface area contributed by atoms with Crippen LogP contribution in [0.1, 0.15) is 17.4 Å². The lowest BCUT2D eigenvalue weighted by molar-refractivity contribution is 0.202. The molecule has 1 aromatic heterocycles. The minimum absolute atomic E-state index is 0.264. The summed E-state index contributed by atoms with van der Waals surface area (Å²) in [7, 11) is 0. The molecule has 1 atom stereocenters. The first-order valence-corrected chi connectivity index (χ1v) is 8.82. The summed E-state index contributed by atoms with van der Waals surface area (Å²) < 4.78 is 14.4. The molecule has 1 aliphatic rings. The number of aromatic nitrogens is 4. The van der Waals surface area contributed by atoms with E-state index in [1.54, 1.807) is 12.1 Å². The normalized spacial score (nSPS) is 16.6. The molecule has 4 rings (SSSR count). The van der Waals surface area contributed by atoms with Crippen LogP contribution in [0.25, 0.3) is 0 Å². The summed E-state index contributed by atoms with van der Waals surface area (Å²) in [5.41, 5.74) is 1.66. The Balaban J connectivity index is 1.56. The second-order valence-electron chi connectivity index (χ2n) is 6.20. The van der Waals surface area contributed by atoms with Crippen LogP contribution >= 0.6 is 11.6 Å². The van der Waals surface area contributed by atoms with Crippen LogP contribution in [0.15, 0.2) is 48.5 Å². The average molecular weight is 373 g/mol. The third kappa shape index (κ3) is 3.40. The van der Waals surface area contributed by atoms with Gasteiger partial charge < -0.3 is 4.90 Å². The van der Waals surface area contributed by atoms with Gasteiger partial charge in [0.2, 0.25) is 0 Å². The highest BCUT2D eigenvalue weighted by molar-refractivity contribution is 6.30. The highest BCUT2D eigenvalue weighted by Crippen LogP contribution is 2.30. The van der Waals surface area contributed by atoms with E-state index in [0.29, 0.717) is 11.4 Å². The summed E-state index contributed by atoms with van der Waals surface area (Å²) in [6.07, 6.45) is 0. The summed E-state index contributed by atoms with van der Waals surface area (Å²) in [4.78, 5) is 4.46. The number of aromatic amines is 1. The topological polar surface area (TPSA) is 60.9 Å². The van der Waals surface area contributed by atoms with Crippen molar-refractivity contribution in [2.45, 2.75) is 6.04 Å². The molecular weight excluding hydrogens is 355 g/mol. The molecule has 3 aromatic rings. The molecular formula is C18H18ClFN6. The lowest BCUT2D eigenvalue weighted by Crippen LogP contribution is -2.48. The van der Waals surface area contributed by atoms with Gasteiger partial charge in [0.15, 0.2) is 5.82 Å². The van der Waals surface area contributed by atoms with Gasteiger partial charge in [-0.3, -0.25) is 4.90 Å². The van der Waals surface area contributed by atoms with Crippen LogP contribution in [-0.4, -0.2) is 51.7 Å². The molecule has 1 aliphatic heterocycles. The average Bonchev–Trinajstić information content (AvgIpc) is 3.18. The number of nitrogens with one attached hydrogen (secondary N) is 1. The van der Waals surface area contributed by atoms with Crippen LogP contribution < -0.4 is 4.90 Å². The number of tetrazole rings is 1. The van der Waals surface area contributed by atoms with Gasteiger partial charge in [-0.25, -0.2) is 4.39 Å². The molecule has 0 saturated carbocycles. The molecule has 134 valence electrons. The molecule has 1 fully saturated rings. The molecule has 2 heterocycles. The molecule has 1 N–H and O–H groups in total. The first-order chi connectivity index (χ1) is 12.7. The van der Waals surface area contributed by atoms with Gasteiger partial charge in [0.1, 0.15) is 11.9 Å². The van der Waals surface area contributed by atoms with Crippen LogP contribution in [0, 0.1) is 5.82 Å². The standard InChI is InChI=1S/C18H18ClFN6/c19-13-4-3-5-14(12-13)25-8-10-26(11-9-25)17(18-21-23-24-22-18)15-6-1-2-7-16(15)20/h1-7,12,17H,8-11H2,(H,21,22,23,24). The maximum absolute atomic E-state index is 14.4. The summed E-state index contributed by atoms with van der Waals surface area (Å²) in [6.45, 7) is 3.12. The fourth-order valence-corrected chi connectivity index (χ4v) is 3.58. The zero-order valence-electron chi connectivity index (χ0n) is 14.0. The van der Waals surface area contributed by atoms with Crippen molar-refractivity contribution in [3.8, 4) is 0 Å². The Kier molecular flexibility index (Phi) is 4.81. The molecule has 0 aliphatic carbocycles. The molecule has 0 spiro atoms. The summed E-state index contributed by atoms with van der Waals surface area (Å²) >= 11 is 6.10. The zero-order chi connectivity index (χ0) is 17.9. The number of benzene rings is 2. The van der Waals surface area contributed by atoms with Crippen LogP contribution in [-0.2, 0) is 0 Å². The first kappa shape index (κ1) is 16.9. The van der Waals surface area contributed by atoms with E-state index in [2.05, 4.69) is 36.5 Å². The Morgan fingerprint density at radius 2 is 1.85 bits per heavy atom. The number of piperazine rings is 1. The molecule has 26 heavy (non-hydrogen) atoms. The van der Waals surface area contributed by atoms with E-state index in [1.165, 1.54) is 6.07 Å². The molecule has 8 heteroatoms. The highest BCUT2D eigenvalue weighted by Gasteiger charge is 2.31. The SMILES string of the molecule is Fc1ccccc1C(c1nn[nH]n1)N1CCN(c2cccc(Cl)c2)CC1. The smallest absolute Gasteiger partial charge is 0.196 e. The van der Waals surface area contributed by atoms with Crippen LogP contribution in [0.4, 0.5) is 10.1 Å². The van der Waals surface area contributed by atoms with Gasteiger partial charge >= 0.3 is 0 Å². The second-order valence-corrected chi connectivity index (χ2v) is 6.63. The number of hydrogen-bond acceptors (Lipinski definition) is 5.